The van der Waals surface area contributed by atoms with Gasteiger partial charge in [0.15, 0.2) is 6.29 Å². The monoisotopic (exact) mass is 249 g/mol. The Morgan fingerprint density at radius 1 is 1.56 bits per heavy atom. The van der Waals surface area contributed by atoms with Crippen molar-refractivity contribution in [1.82, 2.24) is 4.90 Å². The molecular weight excluding hydrogens is 230 g/mol. The van der Waals surface area contributed by atoms with Gasteiger partial charge < -0.3 is 14.4 Å². The summed E-state index contributed by atoms with van der Waals surface area (Å²) in [6.45, 7) is 7.04. The van der Waals surface area contributed by atoms with Gasteiger partial charge in [0.2, 0.25) is 5.91 Å². The molecule has 1 amide bonds. The van der Waals surface area contributed by atoms with Crippen LogP contribution in [0, 0.1) is 0 Å². The van der Waals surface area contributed by atoms with Crippen molar-refractivity contribution in [2.75, 3.05) is 19.0 Å². The zero-order valence-corrected chi connectivity index (χ0v) is 10.9. The third kappa shape index (κ3) is 3.61. The van der Waals surface area contributed by atoms with Crippen LogP contribution in [0.15, 0.2) is 0 Å². The molecule has 0 aliphatic carbocycles. The first kappa shape index (κ1) is 13.7. The quantitative estimate of drug-likeness (QED) is 0.695. The Bertz CT molecular complexity index is 235. The maximum absolute atomic E-state index is 11.6. The molecule has 0 aromatic carbocycles. The van der Waals surface area contributed by atoms with E-state index >= 15 is 0 Å². The predicted molar refractivity (Wildman–Crippen MR) is 62.5 cm³/mol. The highest BCUT2D eigenvalue weighted by Crippen LogP contribution is 2.16. The number of nitrogens with zero attached hydrogens (tertiary/aromatic N) is 1. The summed E-state index contributed by atoms with van der Waals surface area (Å²) in [4.78, 5) is 13.3. The van der Waals surface area contributed by atoms with E-state index in [9.17, 15) is 4.79 Å². The maximum Gasteiger partial charge on any atom is 0.237 e. The van der Waals surface area contributed by atoms with E-state index in [-0.39, 0.29) is 30.2 Å². The molecule has 0 aromatic heterocycles. The minimum atomic E-state index is -0.306. The molecule has 2 unspecified atom stereocenters. The Labute approximate surface area is 102 Å². The van der Waals surface area contributed by atoms with Crippen molar-refractivity contribution in [2.45, 2.75) is 45.6 Å². The Kier molecular flexibility index (Phi) is 5.52. The van der Waals surface area contributed by atoms with Crippen LogP contribution >= 0.6 is 11.6 Å². The van der Waals surface area contributed by atoms with E-state index in [1.807, 2.05) is 13.8 Å². The van der Waals surface area contributed by atoms with Crippen molar-refractivity contribution in [3.8, 4) is 0 Å². The standard InChI is InChI=1S/C11H20ClNO3/c1-4-9-7-15-11(16-9)6-13(8(2)3)10(14)5-12/h8-9,11H,4-7H2,1-3H3. The van der Waals surface area contributed by atoms with Crippen LogP contribution < -0.4 is 0 Å². The van der Waals surface area contributed by atoms with Crippen LogP contribution in [0.5, 0.6) is 0 Å². The van der Waals surface area contributed by atoms with E-state index in [0.717, 1.165) is 6.42 Å². The molecule has 1 aliphatic rings. The Balaban J connectivity index is 2.47. The summed E-state index contributed by atoms with van der Waals surface area (Å²) in [6.07, 6.45) is 0.784. The number of halogens is 1. The highest BCUT2D eigenvalue weighted by molar-refractivity contribution is 6.27. The molecule has 0 N–H and O–H groups in total. The maximum atomic E-state index is 11.6. The summed E-state index contributed by atoms with van der Waals surface area (Å²) in [5.41, 5.74) is 0. The fourth-order valence-electron chi connectivity index (χ4n) is 1.66. The zero-order chi connectivity index (χ0) is 12.1. The highest BCUT2D eigenvalue weighted by atomic mass is 35.5. The number of alkyl halides is 1. The normalized spacial score (nSPS) is 25.1. The molecule has 4 nitrogen and oxygen atoms in total. The van der Waals surface area contributed by atoms with Crippen molar-refractivity contribution in [3.05, 3.63) is 0 Å². The molecule has 1 rings (SSSR count). The SMILES string of the molecule is CCC1COC(CN(C(=O)CCl)C(C)C)O1. The minimum Gasteiger partial charge on any atom is -0.348 e. The molecule has 0 aromatic rings. The molecule has 0 radical (unpaired) electrons. The van der Waals surface area contributed by atoms with E-state index in [4.69, 9.17) is 21.1 Å². The zero-order valence-electron chi connectivity index (χ0n) is 10.1. The fourth-order valence-corrected chi connectivity index (χ4v) is 1.81. The Morgan fingerprint density at radius 3 is 2.69 bits per heavy atom. The molecule has 0 bridgehead atoms. The first-order valence-electron chi connectivity index (χ1n) is 5.71. The smallest absolute Gasteiger partial charge is 0.237 e. The van der Waals surface area contributed by atoms with Crippen LogP contribution in [0.4, 0.5) is 0 Å². The molecule has 1 fully saturated rings. The molecule has 16 heavy (non-hydrogen) atoms. The van der Waals surface area contributed by atoms with Gasteiger partial charge in [-0.3, -0.25) is 4.79 Å². The summed E-state index contributed by atoms with van der Waals surface area (Å²) >= 11 is 5.56. The van der Waals surface area contributed by atoms with Crippen molar-refractivity contribution in [2.24, 2.45) is 0 Å². The highest BCUT2D eigenvalue weighted by Gasteiger charge is 2.28. The van der Waals surface area contributed by atoms with Crippen molar-refractivity contribution >= 4 is 17.5 Å². The van der Waals surface area contributed by atoms with Crippen LogP contribution in [-0.2, 0) is 14.3 Å². The van der Waals surface area contributed by atoms with Gasteiger partial charge in [0.05, 0.1) is 19.3 Å². The summed E-state index contributed by atoms with van der Waals surface area (Å²) in [5, 5.41) is 0. The second kappa shape index (κ2) is 6.42. The molecule has 1 heterocycles. The van der Waals surface area contributed by atoms with E-state index < -0.39 is 0 Å². The summed E-state index contributed by atoms with van der Waals surface area (Å²) in [7, 11) is 0. The third-order valence-corrected chi connectivity index (χ3v) is 2.90. The molecule has 2 atom stereocenters. The summed E-state index contributed by atoms with van der Waals surface area (Å²) in [6, 6.07) is 0.110. The van der Waals surface area contributed by atoms with E-state index in [1.165, 1.54) is 0 Å². The van der Waals surface area contributed by atoms with Crippen molar-refractivity contribution in [1.29, 1.82) is 0 Å². The first-order valence-corrected chi connectivity index (χ1v) is 6.24. The molecule has 94 valence electrons. The van der Waals surface area contributed by atoms with Gasteiger partial charge in [0.1, 0.15) is 5.88 Å². The fraction of sp³-hybridized carbons (Fsp3) is 0.909. The van der Waals surface area contributed by atoms with Crippen LogP contribution in [0.1, 0.15) is 27.2 Å². The number of rotatable bonds is 5. The van der Waals surface area contributed by atoms with Crippen LogP contribution in [0.3, 0.4) is 0 Å². The topological polar surface area (TPSA) is 38.8 Å². The lowest BCUT2D eigenvalue weighted by Gasteiger charge is -2.28. The van der Waals surface area contributed by atoms with Crippen molar-refractivity contribution < 1.29 is 14.3 Å². The number of carbonyl (C=O) groups is 1. The Morgan fingerprint density at radius 2 is 2.25 bits per heavy atom. The molecule has 0 spiro atoms. The van der Waals surface area contributed by atoms with Gasteiger partial charge in [-0.05, 0) is 20.3 Å². The summed E-state index contributed by atoms with van der Waals surface area (Å²) in [5.74, 6) is -0.0777. The predicted octanol–water partition coefficient (Wildman–Crippen LogP) is 1.61. The first-order chi connectivity index (χ1) is 7.58. The molecular formula is C11H20ClNO3. The number of hydrogen-bond acceptors (Lipinski definition) is 3. The van der Waals surface area contributed by atoms with Crippen LogP contribution in [-0.4, -0.2) is 48.3 Å². The van der Waals surface area contributed by atoms with Gasteiger partial charge in [0.25, 0.3) is 0 Å². The third-order valence-electron chi connectivity index (χ3n) is 2.67. The second-order valence-corrected chi connectivity index (χ2v) is 4.47. The van der Waals surface area contributed by atoms with Gasteiger partial charge in [-0.25, -0.2) is 0 Å². The average molecular weight is 250 g/mol. The molecule has 5 heteroatoms. The van der Waals surface area contributed by atoms with Crippen LogP contribution in [0.25, 0.3) is 0 Å². The lowest BCUT2D eigenvalue weighted by molar-refractivity contribution is -0.138. The minimum absolute atomic E-state index is 0.00209. The van der Waals surface area contributed by atoms with E-state index in [2.05, 4.69) is 6.92 Å². The number of hydrogen-bond donors (Lipinski definition) is 0. The lowest BCUT2D eigenvalue weighted by Crippen LogP contribution is -2.43. The van der Waals surface area contributed by atoms with Crippen LogP contribution in [0.2, 0.25) is 0 Å². The summed E-state index contributed by atoms with van der Waals surface area (Å²) < 4.78 is 11.1. The van der Waals surface area contributed by atoms with Gasteiger partial charge in [0, 0.05) is 6.04 Å². The molecule has 1 saturated heterocycles. The second-order valence-electron chi connectivity index (χ2n) is 4.20. The average Bonchev–Trinajstić information content (AvgIpc) is 2.72. The number of carbonyl (C=O) groups excluding carboxylic acids is 1. The van der Waals surface area contributed by atoms with Gasteiger partial charge in [-0.1, -0.05) is 6.92 Å². The van der Waals surface area contributed by atoms with Gasteiger partial charge in [-0.15, -0.1) is 11.6 Å². The Hall–Kier alpha value is -0.320. The van der Waals surface area contributed by atoms with Crippen molar-refractivity contribution in [3.63, 3.8) is 0 Å². The van der Waals surface area contributed by atoms with Gasteiger partial charge >= 0.3 is 0 Å². The number of amides is 1. The molecule has 1 aliphatic heterocycles. The molecule has 0 saturated carbocycles. The lowest BCUT2D eigenvalue weighted by atomic mass is 10.3. The van der Waals surface area contributed by atoms with Gasteiger partial charge in [-0.2, -0.15) is 0 Å². The number of ether oxygens (including phenoxy) is 2. The van der Waals surface area contributed by atoms with E-state index in [1.54, 1.807) is 4.90 Å². The largest absolute Gasteiger partial charge is 0.348 e. The van der Waals surface area contributed by atoms with E-state index in [0.29, 0.717) is 13.2 Å².